The summed E-state index contributed by atoms with van der Waals surface area (Å²) < 4.78 is 1.99. The first kappa shape index (κ1) is 12.4. The third-order valence-corrected chi connectivity index (χ3v) is 3.18. The van der Waals surface area contributed by atoms with Crippen LogP contribution in [0, 0.1) is 0 Å². The summed E-state index contributed by atoms with van der Waals surface area (Å²) in [5, 5.41) is 3.92. The lowest BCUT2D eigenvalue weighted by molar-refractivity contribution is -0.116. The minimum atomic E-state index is 0.00931. The molecule has 4 nitrogen and oxygen atoms in total. The SMILES string of the molecule is O=C(CCn1cccc1)Nc1cccc2ncccc12. The molecule has 0 saturated heterocycles. The number of fused-ring (bicyclic) bond motifs is 1. The van der Waals surface area contributed by atoms with Gasteiger partial charge in [0, 0.05) is 36.9 Å². The Labute approximate surface area is 117 Å². The number of pyridine rings is 1. The molecule has 1 amide bonds. The van der Waals surface area contributed by atoms with Gasteiger partial charge < -0.3 is 9.88 Å². The minimum Gasteiger partial charge on any atom is -0.354 e. The number of aryl methyl sites for hydroxylation is 1. The number of rotatable bonds is 4. The van der Waals surface area contributed by atoms with Gasteiger partial charge in [0.2, 0.25) is 5.91 Å². The summed E-state index contributed by atoms with van der Waals surface area (Å²) in [4.78, 5) is 16.3. The topological polar surface area (TPSA) is 46.9 Å². The Hall–Kier alpha value is -2.62. The maximum Gasteiger partial charge on any atom is 0.226 e. The average Bonchev–Trinajstić information content (AvgIpc) is 2.99. The fourth-order valence-electron chi connectivity index (χ4n) is 2.17. The molecule has 0 radical (unpaired) electrons. The number of amides is 1. The van der Waals surface area contributed by atoms with E-state index in [2.05, 4.69) is 10.3 Å². The van der Waals surface area contributed by atoms with Crippen LogP contribution in [0.3, 0.4) is 0 Å². The summed E-state index contributed by atoms with van der Waals surface area (Å²) in [6.07, 6.45) is 6.11. The first-order chi connectivity index (χ1) is 9.83. The Morgan fingerprint density at radius 3 is 2.80 bits per heavy atom. The van der Waals surface area contributed by atoms with Gasteiger partial charge in [0.05, 0.1) is 11.2 Å². The second-order valence-electron chi connectivity index (χ2n) is 4.59. The predicted molar refractivity (Wildman–Crippen MR) is 79.4 cm³/mol. The lowest BCUT2D eigenvalue weighted by atomic mass is 10.2. The molecular formula is C16H15N3O. The largest absolute Gasteiger partial charge is 0.354 e. The summed E-state index contributed by atoms with van der Waals surface area (Å²) in [5.74, 6) is 0.00931. The molecule has 0 bridgehead atoms. The smallest absolute Gasteiger partial charge is 0.226 e. The molecule has 100 valence electrons. The molecule has 1 aromatic carbocycles. The summed E-state index contributed by atoms with van der Waals surface area (Å²) in [6.45, 7) is 0.682. The van der Waals surface area contributed by atoms with Gasteiger partial charge in [-0.05, 0) is 36.4 Å². The van der Waals surface area contributed by atoms with Gasteiger partial charge in [-0.1, -0.05) is 6.07 Å². The third kappa shape index (κ3) is 2.69. The van der Waals surface area contributed by atoms with Crippen molar-refractivity contribution in [3.63, 3.8) is 0 Å². The van der Waals surface area contributed by atoms with Crippen molar-refractivity contribution < 1.29 is 4.79 Å². The van der Waals surface area contributed by atoms with Crippen LogP contribution in [0.4, 0.5) is 5.69 Å². The molecule has 0 fully saturated rings. The van der Waals surface area contributed by atoms with Gasteiger partial charge in [-0.15, -0.1) is 0 Å². The summed E-state index contributed by atoms with van der Waals surface area (Å²) in [5.41, 5.74) is 1.70. The molecule has 1 N–H and O–H groups in total. The number of nitrogens with one attached hydrogen (secondary N) is 1. The number of hydrogen-bond donors (Lipinski definition) is 1. The molecule has 0 aliphatic heterocycles. The van der Waals surface area contributed by atoms with Gasteiger partial charge in [0.25, 0.3) is 0 Å². The standard InChI is InChI=1S/C16H15N3O/c20-16(8-12-19-10-1-2-11-19)18-15-7-3-6-14-13(15)5-4-9-17-14/h1-7,9-11H,8,12H2,(H,18,20). The molecule has 0 unspecified atom stereocenters. The Morgan fingerprint density at radius 1 is 1.10 bits per heavy atom. The van der Waals surface area contributed by atoms with E-state index in [9.17, 15) is 4.79 Å². The number of anilines is 1. The maximum absolute atomic E-state index is 12.0. The van der Waals surface area contributed by atoms with E-state index in [0.29, 0.717) is 13.0 Å². The van der Waals surface area contributed by atoms with Gasteiger partial charge in [-0.2, -0.15) is 0 Å². The lowest BCUT2D eigenvalue weighted by Gasteiger charge is -2.08. The van der Waals surface area contributed by atoms with Crippen molar-refractivity contribution in [1.29, 1.82) is 0 Å². The second-order valence-corrected chi connectivity index (χ2v) is 4.59. The number of carbonyl (C=O) groups is 1. The van der Waals surface area contributed by atoms with E-state index in [1.807, 2.05) is 59.4 Å². The van der Waals surface area contributed by atoms with Crippen LogP contribution in [0.2, 0.25) is 0 Å². The monoisotopic (exact) mass is 265 g/mol. The van der Waals surface area contributed by atoms with Crippen molar-refractivity contribution >= 4 is 22.5 Å². The van der Waals surface area contributed by atoms with E-state index in [4.69, 9.17) is 0 Å². The van der Waals surface area contributed by atoms with E-state index in [-0.39, 0.29) is 5.91 Å². The zero-order chi connectivity index (χ0) is 13.8. The van der Waals surface area contributed by atoms with Gasteiger partial charge >= 0.3 is 0 Å². The van der Waals surface area contributed by atoms with Crippen LogP contribution < -0.4 is 5.32 Å². The van der Waals surface area contributed by atoms with Crippen molar-refractivity contribution in [2.45, 2.75) is 13.0 Å². The minimum absolute atomic E-state index is 0.00931. The van der Waals surface area contributed by atoms with Crippen molar-refractivity contribution in [3.8, 4) is 0 Å². The quantitative estimate of drug-likeness (QED) is 0.788. The van der Waals surface area contributed by atoms with Gasteiger partial charge in [-0.3, -0.25) is 9.78 Å². The Balaban J connectivity index is 1.71. The number of benzene rings is 1. The fourth-order valence-corrected chi connectivity index (χ4v) is 2.17. The zero-order valence-corrected chi connectivity index (χ0v) is 11.0. The predicted octanol–water partition coefficient (Wildman–Crippen LogP) is 3.07. The van der Waals surface area contributed by atoms with E-state index >= 15 is 0 Å². The zero-order valence-electron chi connectivity index (χ0n) is 11.0. The number of hydrogen-bond acceptors (Lipinski definition) is 2. The molecule has 2 aromatic heterocycles. The Kier molecular flexibility index (Phi) is 3.46. The normalized spacial score (nSPS) is 10.6. The molecule has 0 aliphatic rings. The third-order valence-electron chi connectivity index (χ3n) is 3.18. The van der Waals surface area contributed by atoms with Crippen LogP contribution in [0.15, 0.2) is 61.1 Å². The van der Waals surface area contributed by atoms with Crippen LogP contribution in [0.1, 0.15) is 6.42 Å². The fraction of sp³-hybridized carbons (Fsp3) is 0.125. The van der Waals surface area contributed by atoms with Crippen molar-refractivity contribution in [3.05, 3.63) is 61.1 Å². The van der Waals surface area contributed by atoms with E-state index in [0.717, 1.165) is 16.6 Å². The van der Waals surface area contributed by atoms with Crippen LogP contribution in [0.5, 0.6) is 0 Å². The van der Waals surface area contributed by atoms with E-state index < -0.39 is 0 Å². The van der Waals surface area contributed by atoms with Gasteiger partial charge in [0.15, 0.2) is 0 Å². The Bertz CT molecular complexity index is 714. The number of aromatic nitrogens is 2. The average molecular weight is 265 g/mol. The molecule has 0 saturated carbocycles. The van der Waals surface area contributed by atoms with Crippen molar-refractivity contribution in [2.24, 2.45) is 0 Å². The summed E-state index contributed by atoms with van der Waals surface area (Å²) in [6, 6.07) is 13.5. The molecule has 0 aliphatic carbocycles. The lowest BCUT2D eigenvalue weighted by Crippen LogP contribution is -2.14. The van der Waals surface area contributed by atoms with Crippen LogP contribution in [-0.2, 0) is 11.3 Å². The molecule has 2 heterocycles. The van der Waals surface area contributed by atoms with E-state index in [1.165, 1.54) is 0 Å². The molecule has 3 aromatic rings. The highest BCUT2D eigenvalue weighted by molar-refractivity contribution is 6.00. The number of carbonyl (C=O) groups excluding carboxylic acids is 1. The van der Waals surface area contributed by atoms with Crippen LogP contribution in [-0.4, -0.2) is 15.5 Å². The highest BCUT2D eigenvalue weighted by Crippen LogP contribution is 2.21. The first-order valence-electron chi connectivity index (χ1n) is 6.57. The molecule has 20 heavy (non-hydrogen) atoms. The second kappa shape index (κ2) is 5.57. The molecule has 0 atom stereocenters. The Morgan fingerprint density at radius 2 is 1.95 bits per heavy atom. The summed E-state index contributed by atoms with van der Waals surface area (Å²) >= 11 is 0. The van der Waals surface area contributed by atoms with Crippen molar-refractivity contribution in [2.75, 3.05) is 5.32 Å². The van der Waals surface area contributed by atoms with Crippen molar-refractivity contribution in [1.82, 2.24) is 9.55 Å². The highest BCUT2D eigenvalue weighted by Gasteiger charge is 2.06. The molecule has 4 heteroatoms. The first-order valence-corrected chi connectivity index (χ1v) is 6.57. The molecule has 3 rings (SSSR count). The van der Waals surface area contributed by atoms with Gasteiger partial charge in [0.1, 0.15) is 0 Å². The van der Waals surface area contributed by atoms with Crippen LogP contribution >= 0.6 is 0 Å². The molecule has 0 spiro atoms. The number of nitrogens with zero attached hydrogens (tertiary/aromatic N) is 2. The van der Waals surface area contributed by atoms with Crippen LogP contribution in [0.25, 0.3) is 10.9 Å². The maximum atomic E-state index is 12.0. The molecular weight excluding hydrogens is 250 g/mol. The van der Waals surface area contributed by atoms with E-state index in [1.54, 1.807) is 6.20 Å². The summed E-state index contributed by atoms with van der Waals surface area (Å²) in [7, 11) is 0. The van der Waals surface area contributed by atoms with Gasteiger partial charge in [-0.25, -0.2) is 0 Å². The highest BCUT2D eigenvalue weighted by atomic mass is 16.1.